The van der Waals surface area contributed by atoms with Gasteiger partial charge in [-0.25, -0.2) is 13.6 Å². The molecular weight excluding hydrogens is 304 g/mol. The Morgan fingerprint density at radius 1 is 1.43 bits per heavy atom. The third-order valence-electron chi connectivity index (χ3n) is 2.77. The number of rotatable bonds is 5. The molecule has 0 aliphatic carbocycles. The number of benzene rings is 1. The van der Waals surface area contributed by atoms with Gasteiger partial charge in [0.2, 0.25) is 10.0 Å². The number of nitrogens with zero attached hydrogens (tertiary/aromatic N) is 1. The Morgan fingerprint density at radius 2 is 2.19 bits per heavy atom. The summed E-state index contributed by atoms with van der Waals surface area (Å²) in [7, 11) is -4.02. The van der Waals surface area contributed by atoms with E-state index in [4.69, 9.17) is 19.3 Å². The van der Waals surface area contributed by atoms with Crippen molar-refractivity contribution in [2.45, 2.75) is 11.0 Å². The summed E-state index contributed by atoms with van der Waals surface area (Å²) in [6.45, 7) is 1.33. The fourth-order valence-electron chi connectivity index (χ4n) is 1.75. The Labute approximate surface area is 120 Å². The monoisotopic (exact) mass is 318 g/mol. The van der Waals surface area contributed by atoms with Crippen LogP contribution in [-0.2, 0) is 19.5 Å². The van der Waals surface area contributed by atoms with Crippen molar-refractivity contribution in [2.75, 3.05) is 26.4 Å². The lowest BCUT2D eigenvalue weighted by Gasteiger charge is -2.22. The summed E-state index contributed by atoms with van der Waals surface area (Å²) in [5, 5.41) is 15.9. The molecule has 0 radical (unpaired) electrons. The molecule has 9 nitrogen and oxygen atoms in total. The van der Waals surface area contributed by atoms with Crippen molar-refractivity contribution in [1.29, 1.82) is 0 Å². The van der Waals surface area contributed by atoms with Crippen LogP contribution in [0, 0.1) is 10.1 Å². The third-order valence-corrected chi connectivity index (χ3v) is 3.68. The molecule has 0 unspecified atom stereocenters. The molecule has 1 aromatic carbocycles. The van der Waals surface area contributed by atoms with Gasteiger partial charge in [0.1, 0.15) is 12.7 Å². The Kier molecular flexibility index (Phi) is 4.73. The summed E-state index contributed by atoms with van der Waals surface area (Å²) in [4.78, 5) is 9.90. The van der Waals surface area contributed by atoms with Crippen LogP contribution in [-0.4, -0.2) is 45.9 Å². The van der Waals surface area contributed by atoms with Gasteiger partial charge in [-0.05, 0) is 12.1 Å². The van der Waals surface area contributed by atoms with Crippen molar-refractivity contribution in [3.63, 3.8) is 0 Å². The van der Waals surface area contributed by atoms with Gasteiger partial charge < -0.3 is 14.2 Å². The predicted octanol–water partition coefficient (Wildman–Crippen LogP) is 0.0364. The topological polar surface area (TPSA) is 131 Å². The van der Waals surface area contributed by atoms with Gasteiger partial charge in [-0.2, -0.15) is 0 Å². The second kappa shape index (κ2) is 6.35. The molecule has 0 saturated carbocycles. The molecule has 1 fully saturated rings. The largest absolute Gasteiger partial charge is 0.484 e. The molecule has 2 N–H and O–H groups in total. The van der Waals surface area contributed by atoms with E-state index in [9.17, 15) is 18.5 Å². The van der Waals surface area contributed by atoms with Crippen molar-refractivity contribution in [1.82, 2.24) is 0 Å². The molecular formula is C11H14N2O7S. The Morgan fingerprint density at radius 3 is 2.76 bits per heavy atom. The summed E-state index contributed by atoms with van der Waals surface area (Å²) in [6.07, 6.45) is -0.323. The molecule has 1 aliphatic rings. The normalized spacial score (nSPS) is 19.2. The molecule has 10 heteroatoms. The number of primary sulfonamides is 1. The molecule has 116 valence electrons. The lowest BCUT2D eigenvalue weighted by molar-refractivity contribution is -0.386. The van der Waals surface area contributed by atoms with E-state index >= 15 is 0 Å². The van der Waals surface area contributed by atoms with Crippen LogP contribution in [0.5, 0.6) is 5.75 Å². The minimum absolute atomic E-state index is 0.0541. The summed E-state index contributed by atoms with van der Waals surface area (Å²) in [5.41, 5.74) is -0.474. The Bertz CT molecular complexity index is 625. The first kappa shape index (κ1) is 15.6. The standard InChI is InChI=1S/C11H14N2O7S/c12-21(16,17)9-1-2-11(10(5-9)13(14)15)20-7-8-6-18-3-4-19-8/h1-2,5,8H,3-4,6-7H2,(H2,12,16,17)/t8-/m0/s1. The SMILES string of the molecule is NS(=O)(=O)c1ccc(OC[C@@H]2COCCO2)c([N+](=O)[O-])c1. The first-order valence-corrected chi connectivity index (χ1v) is 7.56. The quantitative estimate of drug-likeness (QED) is 0.598. The van der Waals surface area contributed by atoms with E-state index in [0.717, 1.165) is 12.1 Å². The summed E-state index contributed by atoms with van der Waals surface area (Å²) >= 11 is 0. The van der Waals surface area contributed by atoms with E-state index < -0.39 is 20.6 Å². The molecule has 0 aromatic heterocycles. The van der Waals surface area contributed by atoms with Crippen molar-refractivity contribution in [3.05, 3.63) is 28.3 Å². The molecule has 0 amide bonds. The maximum atomic E-state index is 11.2. The molecule has 1 saturated heterocycles. The molecule has 2 rings (SSSR count). The minimum Gasteiger partial charge on any atom is -0.484 e. The highest BCUT2D eigenvalue weighted by molar-refractivity contribution is 7.89. The number of hydrogen-bond donors (Lipinski definition) is 1. The highest BCUT2D eigenvalue weighted by Gasteiger charge is 2.22. The van der Waals surface area contributed by atoms with E-state index in [-0.39, 0.29) is 23.4 Å². The van der Waals surface area contributed by atoms with Crippen molar-refractivity contribution >= 4 is 15.7 Å². The minimum atomic E-state index is -4.02. The van der Waals surface area contributed by atoms with Crippen molar-refractivity contribution < 1.29 is 27.6 Å². The van der Waals surface area contributed by atoms with E-state index in [2.05, 4.69) is 0 Å². The van der Waals surface area contributed by atoms with Gasteiger partial charge in [0.05, 0.1) is 29.6 Å². The van der Waals surface area contributed by atoms with Crippen LogP contribution >= 0.6 is 0 Å². The summed E-state index contributed by atoms with van der Waals surface area (Å²) in [5.74, 6) is -0.0541. The number of sulfonamides is 1. The Balaban J connectivity index is 2.16. The predicted molar refractivity (Wildman–Crippen MR) is 70.5 cm³/mol. The van der Waals surface area contributed by atoms with Crippen LogP contribution in [0.1, 0.15) is 0 Å². The first-order valence-electron chi connectivity index (χ1n) is 6.01. The van der Waals surface area contributed by atoms with Gasteiger partial charge in [0, 0.05) is 6.07 Å². The smallest absolute Gasteiger partial charge is 0.312 e. The maximum Gasteiger partial charge on any atom is 0.312 e. The van der Waals surface area contributed by atoms with Crippen LogP contribution in [0.25, 0.3) is 0 Å². The molecule has 0 spiro atoms. The average Bonchev–Trinajstić information content (AvgIpc) is 2.45. The van der Waals surface area contributed by atoms with Crippen LogP contribution < -0.4 is 9.88 Å². The van der Waals surface area contributed by atoms with E-state index in [0.29, 0.717) is 19.8 Å². The number of hydrogen-bond acceptors (Lipinski definition) is 7. The van der Waals surface area contributed by atoms with Gasteiger partial charge in [-0.15, -0.1) is 0 Å². The molecule has 1 aliphatic heterocycles. The molecule has 1 atom stereocenters. The zero-order chi connectivity index (χ0) is 15.5. The van der Waals surface area contributed by atoms with E-state index in [1.807, 2.05) is 0 Å². The summed E-state index contributed by atoms with van der Waals surface area (Å²) in [6, 6.07) is 3.21. The Hall–Kier alpha value is -1.75. The van der Waals surface area contributed by atoms with Crippen LogP contribution in [0.4, 0.5) is 5.69 Å². The fourth-order valence-corrected chi connectivity index (χ4v) is 2.29. The molecule has 0 bridgehead atoms. The number of ether oxygens (including phenoxy) is 3. The van der Waals surface area contributed by atoms with Gasteiger partial charge in [0.25, 0.3) is 0 Å². The van der Waals surface area contributed by atoms with Gasteiger partial charge in [-0.1, -0.05) is 0 Å². The maximum absolute atomic E-state index is 11.2. The summed E-state index contributed by atoms with van der Waals surface area (Å²) < 4.78 is 38.2. The fraction of sp³-hybridized carbons (Fsp3) is 0.455. The second-order valence-corrected chi connectivity index (χ2v) is 5.87. The number of nitro benzene ring substituents is 1. The van der Waals surface area contributed by atoms with Gasteiger partial charge >= 0.3 is 5.69 Å². The third kappa shape index (κ3) is 4.11. The van der Waals surface area contributed by atoms with Crippen molar-refractivity contribution in [3.8, 4) is 5.75 Å². The molecule has 21 heavy (non-hydrogen) atoms. The lowest BCUT2D eigenvalue weighted by atomic mass is 10.3. The van der Waals surface area contributed by atoms with Crippen molar-refractivity contribution in [2.24, 2.45) is 5.14 Å². The van der Waals surface area contributed by atoms with Crippen LogP contribution in [0.3, 0.4) is 0 Å². The second-order valence-electron chi connectivity index (χ2n) is 4.31. The van der Waals surface area contributed by atoms with E-state index in [1.54, 1.807) is 0 Å². The first-order chi connectivity index (χ1) is 9.88. The average molecular weight is 318 g/mol. The number of nitrogens with two attached hydrogens (primary N) is 1. The molecule has 1 heterocycles. The highest BCUT2D eigenvalue weighted by atomic mass is 32.2. The van der Waals surface area contributed by atoms with Crippen LogP contribution in [0.15, 0.2) is 23.1 Å². The van der Waals surface area contributed by atoms with E-state index in [1.165, 1.54) is 6.07 Å². The van der Waals surface area contributed by atoms with Gasteiger partial charge in [-0.3, -0.25) is 10.1 Å². The van der Waals surface area contributed by atoms with Gasteiger partial charge in [0.15, 0.2) is 5.75 Å². The zero-order valence-corrected chi connectivity index (χ0v) is 11.7. The zero-order valence-electron chi connectivity index (χ0n) is 10.9. The van der Waals surface area contributed by atoms with Crippen LogP contribution in [0.2, 0.25) is 0 Å². The molecule has 1 aromatic rings. The number of nitro groups is 1. The lowest BCUT2D eigenvalue weighted by Crippen LogP contribution is -2.33. The highest BCUT2D eigenvalue weighted by Crippen LogP contribution is 2.29.